The number of nitrogens with two attached hydrogens (primary N) is 1. The normalized spacial score (nSPS) is 20.9. The molecule has 1 aliphatic heterocycles. The summed E-state index contributed by atoms with van der Waals surface area (Å²) in [6.07, 6.45) is 4.26. The fraction of sp³-hybridized carbons (Fsp3) is 0.769. The van der Waals surface area contributed by atoms with Crippen LogP contribution in [-0.4, -0.2) is 48.1 Å². The molecule has 102 valence electrons. The van der Waals surface area contributed by atoms with Gasteiger partial charge in [0.1, 0.15) is 0 Å². The van der Waals surface area contributed by atoms with E-state index in [4.69, 9.17) is 5.73 Å². The second-order valence-corrected chi connectivity index (χ2v) is 6.11. The molecule has 4 nitrogen and oxygen atoms in total. The molecule has 1 aromatic rings. The lowest BCUT2D eigenvalue weighted by Gasteiger charge is -2.45. The Morgan fingerprint density at radius 3 is 2.61 bits per heavy atom. The standard InChI is InChI=1S/C13H24N4S/c1-3-4-13(2,11-14)17-8-6-16(7-9-17)12-15-5-10-18-12/h5,10H,3-4,6-9,11,14H2,1-2H3. The van der Waals surface area contributed by atoms with Crippen LogP contribution in [0.15, 0.2) is 11.6 Å². The van der Waals surface area contributed by atoms with Gasteiger partial charge in [-0.2, -0.15) is 0 Å². The maximum atomic E-state index is 5.99. The highest BCUT2D eigenvalue weighted by molar-refractivity contribution is 7.13. The Morgan fingerprint density at radius 2 is 2.11 bits per heavy atom. The third-order valence-electron chi connectivity index (χ3n) is 3.96. The van der Waals surface area contributed by atoms with Crippen LogP contribution >= 0.6 is 11.3 Å². The van der Waals surface area contributed by atoms with Gasteiger partial charge in [-0.3, -0.25) is 4.90 Å². The Morgan fingerprint density at radius 1 is 1.39 bits per heavy atom. The quantitative estimate of drug-likeness (QED) is 0.884. The van der Waals surface area contributed by atoms with Gasteiger partial charge >= 0.3 is 0 Å². The monoisotopic (exact) mass is 268 g/mol. The molecule has 5 heteroatoms. The number of piperazine rings is 1. The van der Waals surface area contributed by atoms with E-state index in [1.807, 2.05) is 11.6 Å². The minimum atomic E-state index is 0.170. The molecular weight excluding hydrogens is 244 g/mol. The van der Waals surface area contributed by atoms with Crippen LogP contribution in [0.2, 0.25) is 0 Å². The van der Waals surface area contributed by atoms with Crippen LogP contribution in [0, 0.1) is 0 Å². The summed E-state index contributed by atoms with van der Waals surface area (Å²) in [4.78, 5) is 9.32. The molecule has 2 heterocycles. The molecule has 1 unspecified atom stereocenters. The minimum Gasteiger partial charge on any atom is -0.346 e. The van der Waals surface area contributed by atoms with Gasteiger partial charge in [0.2, 0.25) is 0 Å². The van der Waals surface area contributed by atoms with Crippen LogP contribution in [0.4, 0.5) is 5.13 Å². The molecule has 0 aromatic carbocycles. The molecule has 1 fully saturated rings. The second-order valence-electron chi connectivity index (χ2n) is 5.24. The van der Waals surface area contributed by atoms with Crippen LogP contribution in [0.1, 0.15) is 26.7 Å². The van der Waals surface area contributed by atoms with Crippen molar-refractivity contribution in [2.75, 3.05) is 37.6 Å². The number of nitrogens with zero attached hydrogens (tertiary/aromatic N) is 3. The van der Waals surface area contributed by atoms with E-state index in [2.05, 4.69) is 28.6 Å². The van der Waals surface area contributed by atoms with E-state index in [1.165, 1.54) is 12.8 Å². The zero-order valence-electron chi connectivity index (χ0n) is 11.4. The van der Waals surface area contributed by atoms with E-state index < -0.39 is 0 Å². The van der Waals surface area contributed by atoms with Crippen molar-refractivity contribution in [3.05, 3.63) is 11.6 Å². The van der Waals surface area contributed by atoms with Gasteiger partial charge in [-0.1, -0.05) is 13.3 Å². The predicted octanol–water partition coefficient (Wildman–Crippen LogP) is 1.78. The molecule has 1 aliphatic rings. The van der Waals surface area contributed by atoms with Crippen molar-refractivity contribution in [2.24, 2.45) is 5.73 Å². The lowest BCUT2D eigenvalue weighted by atomic mass is 9.93. The fourth-order valence-electron chi connectivity index (χ4n) is 2.74. The Bertz CT molecular complexity index is 346. The van der Waals surface area contributed by atoms with Crippen LogP contribution in [-0.2, 0) is 0 Å². The number of rotatable bonds is 5. The first-order valence-electron chi connectivity index (χ1n) is 6.79. The van der Waals surface area contributed by atoms with Gasteiger partial charge in [0.05, 0.1) is 0 Å². The van der Waals surface area contributed by atoms with Crippen molar-refractivity contribution >= 4 is 16.5 Å². The average molecular weight is 268 g/mol. The Labute approximate surface area is 114 Å². The van der Waals surface area contributed by atoms with Crippen LogP contribution in [0.25, 0.3) is 0 Å². The number of aromatic nitrogens is 1. The lowest BCUT2D eigenvalue weighted by Crippen LogP contribution is -2.58. The van der Waals surface area contributed by atoms with Gasteiger partial charge in [-0.25, -0.2) is 4.98 Å². The van der Waals surface area contributed by atoms with E-state index in [0.717, 1.165) is 37.9 Å². The lowest BCUT2D eigenvalue weighted by molar-refractivity contribution is 0.0935. The fourth-order valence-corrected chi connectivity index (χ4v) is 3.43. The summed E-state index contributed by atoms with van der Waals surface area (Å²) < 4.78 is 0. The number of hydrogen-bond donors (Lipinski definition) is 1. The summed E-state index contributed by atoms with van der Waals surface area (Å²) in [5.41, 5.74) is 6.16. The molecule has 0 bridgehead atoms. The van der Waals surface area contributed by atoms with E-state index in [-0.39, 0.29) is 5.54 Å². The third kappa shape index (κ3) is 2.84. The molecule has 0 saturated carbocycles. The summed E-state index contributed by atoms with van der Waals surface area (Å²) in [7, 11) is 0. The number of thiazole rings is 1. The first-order chi connectivity index (χ1) is 8.69. The maximum absolute atomic E-state index is 5.99. The van der Waals surface area contributed by atoms with Crippen molar-refractivity contribution in [1.29, 1.82) is 0 Å². The zero-order valence-corrected chi connectivity index (χ0v) is 12.2. The molecule has 2 N–H and O–H groups in total. The van der Waals surface area contributed by atoms with Crippen molar-refractivity contribution < 1.29 is 0 Å². The summed E-state index contributed by atoms with van der Waals surface area (Å²) in [5.74, 6) is 0. The van der Waals surface area contributed by atoms with E-state index in [1.54, 1.807) is 11.3 Å². The smallest absolute Gasteiger partial charge is 0.185 e. The van der Waals surface area contributed by atoms with Gasteiger partial charge in [-0.05, 0) is 13.3 Å². The highest BCUT2D eigenvalue weighted by Crippen LogP contribution is 2.24. The molecule has 0 amide bonds. The Kier molecular flexibility index (Phi) is 4.59. The van der Waals surface area contributed by atoms with E-state index in [9.17, 15) is 0 Å². The van der Waals surface area contributed by atoms with Gasteiger partial charge in [0, 0.05) is 49.8 Å². The molecule has 0 aliphatic carbocycles. The average Bonchev–Trinajstić information content (AvgIpc) is 2.93. The van der Waals surface area contributed by atoms with Gasteiger partial charge in [-0.15, -0.1) is 11.3 Å². The SMILES string of the molecule is CCCC(C)(CN)N1CCN(c2nccs2)CC1. The molecule has 1 atom stereocenters. The van der Waals surface area contributed by atoms with Gasteiger partial charge in [0.25, 0.3) is 0 Å². The molecule has 2 rings (SSSR count). The summed E-state index contributed by atoms with van der Waals surface area (Å²) in [6.45, 7) is 9.59. The van der Waals surface area contributed by atoms with Crippen molar-refractivity contribution in [2.45, 2.75) is 32.2 Å². The topological polar surface area (TPSA) is 45.4 Å². The van der Waals surface area contributed by atoms with Gasteiger partial charge < -0.3 is 10.6 Å². The highest BCUT2D eigenvalue weighted by Gasteiger charge is 2.32. The largest absolute Gasteiger partial charge is 0.346 e. The first-order valence-corrected chi connectivity index (χ1v) is 7.67. The number of hydrogen-bond acceptors (Lipinski definition) is 5. The summed E-state index contributed by atoms with van der Waals surface area (Å²) >= 11 is 1.73. The van der Waals surface area contributed by atoms with Crippen molar-refractivity contribution in [1.82, 2.24) is 9.88 Å². The first kappa shape index (κ1) is 13.8. The molecule has 18 heavy (non-hydrogen) atoms. The van der Waals surface area contributed by atoms with Crippen molar-refractivity contribution in [3.63, 3.8) is 0 Å². The van der Waals surface area contributed by atoms with Crippen LogP contribution in [0.5, 0.6) is 0 Å². The second kappa shape index (κ2) is 5.99. The predicted molar refractivity (Wildman–Crippen MR) is 78.3 cm³/mol. The Hall–Kier alpha value is -0.650. The molecule has 0 spiro atoms. The molecule has 1 saturated heterocycles. The van der Waals surface area contributed by atoms with Crippen molar-refractivity contribution in [3.8, 4) is 0 Å². The van der Waals surface area contributed by atoms with E-state index >= 15 is 0 Å². The van der Waals surface area contributed by atoms with Gasteiger partial charge in [0.15, 0.2) is 5.13 Å². The maximum Gasteiger partial charge on any atom is 0.185 e. The number of anilines is 1. The third-order valence-corrected chi connectivity index (χ3v) is 4.79. The molecule has 0 radical (unpaired) electrons. The van der Waals surface area contributed by atoms with Crippen LogP contribution in [0.3, 0.4) is 0 Å². The summed E-state index contributed by atoms with van der Waals surface area (Å²) in [6, 6.07) is 0. The molecular formula is C13H24N4S. The highest BCUT2D eigenvalue weighted by atomic mass is 32.1. The minimum absolute atomic E-state index is 0.170. The van der Waals surface area contributed by atoms with Crippen LogP contribution < -0.4 is 10.6 Å². The zero-order chi connectivity index (χ0) is 13.0. The molecule has 1 aromatic heterocycles. The van der Waals surface area contributed by atoms with E-state index in [0.29, 0.717) is 0 Å². The Balaban J connectivity index is 1.93. The summed E-state index contributed by atoms with van der Waals surface area (Å²) in [5, 5.41) is 3.20.